The normalized spacial score (nSPS) is 26.8. The number of aromatic nitrogens is 2. The van der Waals surface area contributed by atoms with Crippen LogP contribution < -0.4 is 0 Å². The van der Waals surface area contributed by atoms with E-state index in [0.717, 1.165) is 45.6 Å². The number of carbonyl (C=O) groups is 1. The molecule has 0 bridgehead atoms. The van der Waals surface area contributed by atoms with Gasteiger partial charge in [-0.05, 0) is 30.3 Å². The van der Waals surface area contributed by atoms with Gasteiger partial charge in [-0.1, -0.05) is 18.3 Å². The van der Waals surface area contributed by atoms with Crippen LogP contribution in [0.3, 0.4) is 0 Å². The van der Waals surface area contributed by atoms with Crippen molar-refractivity contribution in [2.24, 2.45) is 5.92 Å². The van der Waals surface area contributed by atoms with Crippen LogP contribution in [-0.4, -0.2) is 70.2 Å². The Hall–Kier alpha value is -1.05. The second-order valence-electron chi connectivity index (χ2n) is 6.53. The summed E-state index contributed by atoms with van der Waals surface area (Å²) in [6, 6.07) is 0.433. The van der Waals surface area contributed by atoms with E-state index in [9.17, 15) is 4.79 Å². The van der Waals surface area contributed by atoms with Gasteiger partial charge >= 0.3 is 0 Å². The zero-order chi connectivity index (χ0) is 15.5. The molecule has 122 valence electrons. The predicted molar refractivity (Wildman–Crippen MR) is 85.0 cm³/mol. The highest BCUT2D eigenvalue weighted by atomic mass is 32.1. The molecule has 2 fully saturated rings. The smallest absolute Gasteiger partial charge is 0.275 e. The number of morpholine rings is 1. The zero-order valence-corrected chi connectivity index (χ0v) is 14.1. The van der Waals surface area contributed by atoms with Gasteiger partial charge in [0.1, 0.15) is 0 Å². The number of carbonyl (C=O) groups excluding carboxylic acids is 1. The molecule has 2 atom stereocenters. The average Bonchev–Trinajstić information content (AvgIpc) is 2.93. The van der Waals surface area contributed by atoms with Crippen molar-refractivity contribution in [3.63, 3.8) is 0 Å². The molecule has 3 rings (SSSR count). The van der Waals surface area contributed by atoms with Gasteiger partial charge in [-0.3, -0.25) is 9.69 Å². The molecule has 0 N–H and O–H groups in total. The van der Waals surface area contributed by atoms with Gasteiger partial charge in [0, 0.05) is 37.6 Å². The molecule has 2 aliphatic heterocycles. The van der Waals surface area contributed by atoms with E-state index in [1.807, 2.05) is 4.90 Å². The lowest BCUT2D eigenvalue weighted by molar-refractivity contribution is -0.0745. The maximum absolute atomic E-state index is 12.5. The van der Waals surface area contributed by atoms with E-state index in [1.165, 1.54) is 11.5 Å². The van der Waals surface area contributed by atoms with Crippen LogP contribution in [0, 0.1) is 5.92 Å². The first-order chi connectivity index (χ1) is 10.6. The quantitative estimate of drug-likeness (QED) is 0.843. The Balaban J connectivity index is 1.66. The summed E-state index contributed by atoms with van der Waals surface area (Å²) < 4.78 is 9.78. The van der Waals surface area contributed by atoms with Crippen LogP contribution in [0.4, 0.5) is 0 Å². The molecule has 1 aromatic heterocycles. The molecule has 0 aliphatic carbocycles. The number of amides is 1. The molecule has 0 unspecified atom stereocenters. The molecule has 1 aromatic rings. The molecule has 6 nitrogen and oxygen atoms in total. The predicted octanol–water partition coefficient (Wildman–Crippen LogP) is 1.50. The number of fused-ring (bicyclic) bond motifs is 1. The van der Waals surface area contributed by atoms with Gasteiger partial charge in [-0.15, -0.1) is 5.10 Å². The van der Waals surface area contributed by atoms with E-state index in [1.54, 1.807) is 5.38 Å². The SMILES string of the molecule is CC(C)CN1CCO[C@@H]2CCN(C(=O)c3csnn3)CC[C@@H]21. The van der Waals surface area contributed by atoms with Crippen molar-refractivity contribution < 1.29 is 9.53 Å². The second-order valence-corrected chi connectivity index (χ2v) is 7.13. The fourth-order valence-corrected chi connectivity index (χ4v) is 3.91. The van der Waals surface area contributed by atoms with E-state index < -0.39 is 0 Å². The minimum absolute atomic E-state index is 0.00260. The van der Waals surface area contributed by atoms with E-state index in [4.69, 9.17) is 4.74 Å². The lowest BCUT2D eigenvalue weighted by Crippen LogP contribution is -2.52. The van der Waals surface area contributed by atoms with Gasteiger partial charge in [0.15, 0.2) is 5.69 Å². The molecule has 0 aromatic carbocycles. The third-order valence-corrected chi connectivity index (χ3v) is 4.96. The minimum atomic E-state index is 0.00260. The molecular weight excluding hydrogens is 300 g/mol. The van der Waals surface area contributed by atoms with Crippen LogP contribution in [0.2, 0.25) is 0 Å². The van der Waals surface area contributed by atoms with Crippen LogP contribution in [0.25, 0.3) is 0 Å². The molecule has 0 saturated carbocycles. The maximum Gasteiger partial charge on any atom is 0.275 e. The molecular formula is C15H24N4O2S. The summed E-state index contributed by atoms with van der Waals surface area (Å²) in [5.74, 6) is 0.656. The topological polar surface area (TPSA) is 58.6 Å². The van der Waals surface area contributed by atoms with Gasteiger partial charge < -0.3 is 9.64 Å². The summed E-state index contributed by atoms with van der Waals surface area (Å²) in [6.07, 6.45) is 2.13. The van der Waals surface area contributed by atoms with Crippen molar-refractivity contribution in [3.8, 4) is 0 Å². The Morgan fingerprint density at radius 2 is 2.23 bits per heavy atom. The first kappa shape index (κ1) is 15.8. The van der Waals surface area contributed by atoms with Gasteiger partial charge in [0.05, 0.1) is 12.7 Å². The number of ether oxygens (including phenoxy) is 1. The highest BCUT2D eigenvalue weighted by Crippen LogP contribution is 2.25. The lowest BCUT2D eigenvalue weighted by Gasteiger charge is -2.41. The summed E-state index contributed by atoms with van der Waals surface area (Å²) in [4.78, 5) is 16.9. The fraction of sp³-hybridized carbons (Fsp3) is 0.800. The number of likely N-dealkylation sites (tertiary alicyclic amines) is 1. The van der Waals surface area contributed by atoms with Crippen LogP contribution in [0.1, 0.15) is 37.2 Å². The molecule has 7 heteroatoms. The van der Waals surface area contributed by atoms with Crippen LogP contribution in [-0.2, 0) is 4.74 Å². The number of hydrogen-bond donors (Lipinski definition) is 0. The molecule has 2 aliphatic rings. The maximum atomic E-state index is 12.5. The minimum Gasteiger partial charge on any atom is -0.375 e. The Labute approximate surface area is 135 Å². The first-order valence-corrected chi connectivity index (χ1v) is 8.91. The van der Waals surface area contributed by atoms with Crippen molar-refractivity contribution >= 4 is 17.4 Å². The van der Waals surface area contributed by atoms with Gasteiger partial charge in [-0.2, -0.15) is 0 Å². The number of rotatable bonds is 3. The molecule has 1 amide bonds. The fourth-order valence-electron chi connectivity index (χ4n) is 3.48. The second kappa shape index (κ2) is 7.02. The highest BCUT2D eigenvalue weighted by molar-refractivity contribution is 7.03. The van der Waals surface area contributed by atoms with E-state index in [0.29, 0.717) is 17.7 Å². The van der Waals surface area contributed by atoms with Gasteiger partial charge in [0.2, 0.25) is 0 Å². The Morgan fingerprint density at radius 1 is 1.41 bits per heavy atom. The molecule has 3 heterocycles. The standard InChI is InChI=1S/C15H24N4O2S/c1-11(2)9-19-7-8-21-14-4-6-18(5-3-13(14)19)15(20)12-10-22-17-16-12/h10-11,13-14H,3-9H2,1-2H3/t13-,14+/m0/s1. The zero-order valence-electron chi connectivity index (χ0n) is 13.3. The van der Waals surface area contributed by atoms with Crippen LogP contribution in [0.5, 0.6) is 0 Å². The summed E-state index contributed by atoms with van der Waals surface area (Å²) in [5.41, 5.74) is 0.467. The summed E-state index contributed by atoms with van der Waals surface area (Å²) in [7, 11) is 0. The van der Waals surface area contributed by atoms with E-state index in [2.05, 4.69) is 28.3 Å². The Bertz CT molecular complexity index is 494. The van der Waals surface area contributed by atoms with Crippen molar-refractivity contribution in [2.45, 2.75) is 38.8 Å². The van der Waals surface area contributed by atoms with E-state index >= 15 is 0 Å². The molecule has 0 radical (unpaired) electrons. The molecule has 0 spiro atoms. The number of hydrogen-bond acceptors (Lipinski definition) is 6. The van der Waals surface area contributed by atoms with Crippen LogP contribution >= 0.6 is 11.5 Å². The summed E-state index contributed by atoms with van der Waals surface area (Å²) in [6.45, 7) is 8.94. The Morgan fingerprint density at radius 3 is 2.95 bits per heavy atom. The van der Waals surface area contributed by atoms with Crippen LogP contribution in [0.15, 0.2) is 5.38 Å². The third-order valence-electron chi connectivity index (χ3n) is 4.45. The van der Waals surface area contributed by atoms with Crippen molar-refractivity contribution in [3.05, 3.63) is 11.1 Å². The van der Waals surface area contributed by atoms with Gasteiger partial charge in [0.25, 0.3) is 5.91 Å². The lowest BCUT2D eigenvalue weighted by atomic mass is 10.0. The number of nitrogens with zero attached hydrogens (tertiary/aromatic N) is 4. The third kappa shape index (κ3) is 3.47. The monoisotopic (exact) mass is 324 g/mol. The van der Waals surface area contributed by atoms with Crippen molar-refractivity contribution in [1.82, 2.24) is 19.4 Å². The van der Waals surface area contributed by atoms with Crippen molar-refractivity contribution in [1.29, 1.82) is 0 Å². The molecule has 22 heavy (non-hydrogen) atoms. The van der Waals surface area contributed by atoms with E-state index in [-0.39, 0.29) is 12.0 Å². The van der Waals surface area contributed by atoms with Crippen molar-refractivity contribution in [2.75, 3.05) is 32.8 Å². The van der Waals surface area contributed by atoms with Gasteiger partial charge in [-0.25, -0.2) is 0 Å². The summed E-state index contributed by atoms with van der Waals surface area (Å²) >= 11 is 1.22. The first-order valence-electron chi connectivity index (χ1n) is 8.07. The highest BCUT2D eigenvalue weighted by Gasteiger charge is 2.36. The average molecular weight is 324 g/mol. The summed E-state index contributed by atoms with van der Waals surface area (Å²) in [5, 5.41) is 5.63. The molecule has 2 saturated heterocycles. The largest absolute Gasteiger partial charge is 0.375 e. The Kier molecular flexibility index (Phi) is 5.05.